The maximum absolute atomic E-state index is 5.05. The van der Waals surface area contributed by atoms with Gasteiger partial charge in [-0.1, -0.05) is 0 Å². The summed E-state index contributed by atoms with van der Waals surface area (Å²) in [7, 11) is 1.70. The molecular formula is C14H21N3OS. The van der Waals surface area contributed by atoms with Gasteiger partial charge in [0.15, 0.2) is 0 Å². The van der Waals surface area contributed by atoms with Crippen molar-refractivity contribution < 1.29 is 4.74 Å². The summed E-state index contributed by atoms with van der Waals surface area (Å²) in [5.41, 5.74) is 1.37. The lowest BCUT2D eigenvalue weighted by atomic mass is 10.1. The number of anilines is 1. The number of aromatic nitrogens is 2. The Morgan fingerprint density at radius 1 is 1.47 bits per heavy atom. The second kappa shape index (κ2) is 6.21. The molecule has 2 rings (SSSR count). The zero-order valence-corrected chi connectivity index (χ0v) is 12.8. The van der Waals surface area contributed by atoms with Crippen molar-refractivity contribution in [2.75, 3.05) is 25.6 Å². The van der Waals surface area contributed by atoms with Crippen LogP contribution in [0.4, 0.5) is 5.95 Å². The monoisotopic (exact) mass is 279 g/mol. The Balaban J connectivity index is 2.17. The van der Waals surface area contributed by atoms with Gasteiger partial charge in [-0.25, -0.2) is 4.98 Å². The summed E-state index contributed by atoms with van der Waals surface area (Å²) in [6, 6.07) is 2.56. The number of nitrogens with zero attached hydrogens (tertiary/aromatic N) is 2. The van der Waals surface area contributed by atoms with Crippen molar-refractivity contribution in [1.82, 2.24) is 9.55 Å². The molecule has 0 saturated heterocycles. The number of imidazole rings is 1. The van der Waals surface area contributed by atoms with Gasteiger partial charge in [0.1, 0.15) is 0 Å². The number of methoxy groups -OCH3 is 1. The van der Waals surface area contributed by atoms with E-state index in [1.54, 1.807) is 7.11 Å². The van der Waals surface area contributed by atoms with Crippen molar-refractivity contribution in [2.45, 2.75) is 26.8 Å². The normalized spacial score (nSPS) is 12.6. The molecule has 5 heteroatoms. The summed E-state index contributed by atoms with van der Waals surface area (Å²) >= 11 is 1.85. The van der Waals surface area contributed by atoms with E-state index in [1.807, 2.05) is 23.7 Å². The first-order valence-electron chi connectivity index (χ1n) is 6.46. The maximum atomic E-state index is 5.05. The predicted molar refractivity (Wildman–Crippen MR) is 80.2 cm³/mol. The first-order valence-corrected chi connectivity index (χ1v) is 7.27. The number of aryl methyl sites for hydroxylation is 2. The van der Waals surface area contributed by atoms with Crippen molar-refractivity contribution in [3.8, 4) is 0 Å². The molecule has 0 spiro atoms. The van der Waals surface area contributed by atoms with E-state index in [9.17, 15) is 0 Å². The predicted octanol–water partition coefficient (Wildman–Crippen LogP) is 3.23. The zero-order chi connectivity index (χ0) is 13.8. The third-order valence-corrected chi connectivity index (χ3v) is 4.19. The third-order valence-electron chi connectivity index (χ3n) is 3.20. The fourth-order valence-corrected chi connectivity index (χ4v) is 3.26. The van der Waals surface area contributed by atoms with E-state index in [4.69, 9.17) is 4.74 Å². The fraction of sp³-hybridized carbons (Fsp3) is 0.500. The van der Waals surface area contributed by atoms with Crippen LogP contribution in [0.15, 0.2) is 18.5 Å². The molecule has 2 aromatic heterocycles. The van der Waals surface area contributed by atoms with E-state index in [0.29, 0.717) is 6.61 Å². The third kappa shape index (κ3) is 3.16. The molecule has 0 aliphatic heterocycles. The van der Waals surface area contributed by atoms with Gasteiger partial charge >= 0.3 is 0 Å². The van der Waals surface area contributed by atoms with Gasteiger partial charge in [0.2, 0.25) is 5.95 Å². The van der Waals surface area contributed by atoms with Crippen LogP contribution in [0.1, 0.15) is 28.3 Å². The summed E-state index contributed by atoms with van der Waals surface area (Å²) in [4.78, 5) is 7.10. The largest absolute Gasteiger partial charge is 0.383 e. The quantitative estimate of drug-likeness (QED) is 0.825. The van der Waals surface area contributed by atoms with Crippen LogP contribution < -0.4 is 5.32 Å². The number of hydrogen-bond donors (Lipinski definition) is 1. The van der Waals surface area contributed by atoms with Crippen molar-refractivity contribution in [2.24, 2.45) is 0 Å². The molecule has 0 amide bonds. The van der Waals surface area contributed by atoms with Gasteiger partial charge in [-0.15, -0.1) is 11.3 Å². The molecule has 2 heterocycles. The van der Waals surface area contributed by atoms with Gasteiger partial charge in [0.25, 0.3) is 0 Å². The minimum Gasteiger partial charge on any atom is -0.383 e. The topological polar surface area (TPSA) is 39.1 Å². The minimum atomic E-state index is 0.289. The van der Waals surface area contributed by atoms with Crippen molar-refractivity contribution in [1.29, 1.82) is 0 Å². The SMILES string of the molecule is COCCNc1nccn1C(C)c1cc(C)sc1C. The van der Waals surface area contributed by atoms with Crippen molar-refractivity contribution in [3.63, 3.8) is 0 Å². The average molecular weight is 279 g/mol. The summed E-state index contributed by atoms with van der Waals surface area (Å²) in [5.74, 6) is 0.896. The van der Waals surface area contributed by atoms with Gasteiger partial charge < -0.3 is 14.6 Å². The summed E-state index contributed by atoms with van der Waals surface area (Å²) in [6.45, 7) is 7.98. The first-order chi connectivity index (χ1) is 9.13. The van der Waals surface area contributed by atoms with Crippen LogP contribution in [0.25, 0.3) is 0 Å². The highest BCUT2D eigenvalue weighted by Crippen LogP contribution is 2.30. The summed E-state index contributed by atoms with van der Waals surface area (Å²) < 4.78 is 7.22. The number of ether oxygens (including phenoxy) is 1. The molecule has 4 nitrogen and oxygen atoms in total. The highest BCUT2D eigenvalue weighted by Gasteiger charge is 2.15. The Hall–Kier alpha value is -1.33. The molecule has 0 radical (unpaired) electrons. The molecule has 0 aliphatic rings. The number of rotatable bonds is 6. The molecule has 104 valence electrons. The molecule has 1 unspecified atom stereocenters. The van der Waals surface area contributed by atoms with Crippen LogP contribution >= 0.6 is 11.3 Å². The lowest BCUT2D eigenvalue weighted by Gasteiger charge is -2.17. The second-order valence-electron chi connectivity index (χ2n) is 4.62. The molecule has 1 N–H and O–H groups in total. The highest BCUT2D eigenvalue weighted by atomic mass is 32.1. The molecule has 1 atom stereocenters. The average Bonchev–Trinajstić information content (AvgIpc) is 2.95. The fourth-order valence-electron chi connectivity index (χ4n) is 2.24. The lowest BCUT2D eigenvalue weighted by molar-refractivity contribution is 0.210. The lowest BCUT2D eigenvalue weighted by Crippen LogP contribution is -2.15. The Labute approximate surface area is 118 Å². The molecule has 0 saturated carbocycles. The molecular weight excluding hydrogens is 258 g/mol. The van der Waals surface area contributed by atoms with E-state index in [0.717, 1.165) is 12.5 Å². The van der Waals surface area contributed by atoms with Crippen molar-refractivity contribution >= 4 is 17.3 Å². The zero-order valence-electron chi connectivity index (χ0n) is 11.9. The first kappa shape index (κ1) is 14.1. The molecule has 2 aromatic rings. The summed E-state index contributed by atoms with van der Waals surface area (Å²) in [6.07, 6.45) is 3.85. The van der Waals surface area contributed by atoms with Gasteiger partial charge in [0.05, 0.1) is 12.6 Å². The molecule has 19 heavy (non-hydrogen) atoms. The Bertz CT molecular complexity index is 533. The highest BCUT2D eigenvalue weighted by molar-refractivity contribution is 7.12. The van der Waals surface area contributed by atoms with E-state index in [-0.39, 0.29) is 6.04 Å². The second-order valence-corrected chi connectivity index (χ2v) is 6.08. The van der Waals surface area contributed by atoms with E-state index >= 15 is 0 Å². The standard InChI is InChI=1S/C14H21N3OS/c1-10-9-13(12(3)19-10)11(2)17-7-5-15-14(17)16-6-8-18-4/h5,7,9,11H,6,8H2,1-4H3,(H,15,16). The number of nitrogens with one attached hydrogen (secondary N) is 1. The Kier molecular flexibility index (Phi) is 4.61. The summed E-state index contributed by atoms with van der Waals surface area (Å²) in [5, 5.41) is 3.30. The van der Waals surface area contributed by atoms with E-state index in [1.165, 1.54) is 15.3 Å². The number of hydrogen-bond acceptors (Lipinski definition) is 4. The van der Waals surface area contributed by atoms with Crippen LogP contribution in [0.3, 0.4) is 0 Å². The van der Waals surface area contributed by atoms with Gasteiger partial charge in [-0.05, 0) is 32.4 Å². The van der Waals surface area contributed by atoms with Crippen LogP contribution in [-0.4, -0.2) is 29.8 Å². The van der Waals surface area contributed by atoms with Crippen molar-refractivity contribution in [3.05, 3.63) is 33.8 Å². The molecule has 0 bridgehead atoms. The molecule has 0 fully saturated rings. The van der Waals surface area contributed by atoms with Gasteiger partial charge in [-0.3, -0.25) is 0 Å². The van der Waals surface area contributed by atoms with Crippen LogP contribution in [0.5, 0.6) is 0 Å². The van der Waals surface area contributed by atoms with E-state index in [2.05, 4.69) is 41.7 Å². The Morgan fingerprint density at radius 3 is 2.89 bits per heavy atom. The minimum absolute atomic E-state index is 0.289. The van der Waals surface area contributed by atoms with Crippen LogP contribution in [0.2, 0.25) is 0 Å². The Morgan fingerprint density at radius 2 is 2.26 bits per heavy atom. The number of thiophene rings is 1. The smallest absolute Gasteiger partial charge is 0.203 e. The van der Waals surface area contributed by atoms with Crippen LogP contribution in [0, 0.1) is 13.8 Å². The van der Waals surface area contributed by atoms with Crippen LogP contribution in [-0.2, 0) is 4.74 Å². The molecule has 0 aliphatic carbocycles. The van der Waals surface area contributed by atoms with E-state index < -0.39 is 0 Å². The molecule has 0 aromatic carbocycles. The maximum Gasteiger partial charge on any atom is 0.203 e. The van der Waals surface area contributed by atoms with Gasteiger partial charge in [-0.2, -0.15) is 0 Å². The van der Waals surface area contributed by atoms with Gasteiger partial charge in [0, 0.05) is 35.8 Å².